The Morgan fingerprint density at radius 3 is 2.58 bits per heavy atom. The maximum absolute atomic E-state index is 12.1. The van der Waals surface area contributed by atoms with Gasteiger partial charge in [0.1, 0.15) is 0 Å². The van der Waals surface area contributed by atoms with Gasteiger partial charge in [0.2, 0.25) is 0 Å². The second-order valence-electron chi connectivity index (χ2n) is 5.66. The molecule has 2 atom stereocenters. The van der Waals surface area contributed by atoms with Crippen molar-refractivity contribution >= 4 is 10.2 Å². The predicted octanol–water partition coefficient (Wildman–Crippen LogP) is 1.33. The third-order valence-corrected chi connectivity index (χ3v) is 5.31. The second-order valence-corrected chi connectivity index (χ2v) is 7.47. The molecule has 0 amide bonds. The van der Waals surface area contributed by atoms with Gasteiger partial charge < -0.3 is 5.32 Å². The Bertz CT molecular complexity index is 346. The van der Waals surface area contributed by atoms with Gasteiger partial charge in [-0.1, -0.05) is 13.8 Å². The molecule has 0 saturated heterocycles. The first-order valence-electron chi connectivity index (χ1n) is 7.40. The Balaban J connectivity index is 2.27. The molecule has 0 spiro atoms. The van der Waals surface area contributed by atoms with E-state index >= 15 is 0 Å². The Kier molecular flexibility index (Phi) is 7.28. The van der Waals surface area contributed by atoms with Crippen molar-refractivity contribution in [3.63, 3.8) is 0 Å². The summed E-state index contributed by atoms with van der Waals surface area (Å²) in [4.78, 5) is 0. The van der Waals surface area contributed by atoms with Crippen LogP contribution in [0.3, 0.4) is 0 Å². The van der Waals surface area contributed by atoms with E-state index in [-0.39, 0.29) is 6.04 Å². The van der Waals surface area contributed by atoms with E-state index in [1.54, 1.807) is 7.05 Å². The third-order valence-electron chi connectivity index (χ3n) is 3.67. The third kappa shape index (κ3) is 6.21. The van der Waals surface area contributed by atoms with Crippen LogP contribution in [-0.2, 0) is 10.2 Å². The molecule has 0 aromatic carbocycles. The van der Waals surface area contributed by atoms with Crippen molar-refractivity contribution in [1.29, 1.82) is 0 Å². The van der Waals surface area contributed by atoms with Crippen molar-refractivity contribution in [2.45, 2.75) is 52.0 Å². The molecule has 5 nitrogen and oxygen atoms in total. The largest absolute Gasteiger partial charge is 0.317 e. The Hall–Kier alpha value is -0.170. The molecule has 19 heavy (non-hydrogen) atoms. The van der Waals surface area contributed by atoms with E-state index in [1.165, 1.54) is 4.31 Å². The highest BCUT2D eigenvalue weighted by atomic mass is 32.2. The first-order chi connectivity index (χ1) is 8.95. The molecule has 1 aliphatic carbocycles. The van der Waals surface area contributed by atoms with E-state index in [4.69, 9.17) is 0 Å². The van der Waals surface area contributed by atoms with Crippen molar-refractivity contribution in [1.82, 2.24) is 14.3 Å². The molecule has 2 N–H and O–H groups in total. The second kappa shape index (κ2) is 8.19. The summed E-state index contributed by atoms with van der Waals surface area (Å²) in [7, 11) is -1.65. The topological polar surface area (TPSA) is 61.4 Å². The van der Waals surface area contributed by atoms with Gasteiger partial charge in [0.05, 0.1) is 0 Å². The Morgan fingerprint density at radius 2 is 2.00 bits per heavy atom. The van der Waals surface area contributed by atoms with Crippen LogP contribution < -0.4 is 10.0 Å². The lowest BCUT2D eigenvalue weighted by Gasteiger charge is -2.20. The van der Waals surface area contributed by atoms with E-state index < -0.39 is 10.2 Å². The Labute approximate surface area is 118 Å². The fourth-order valence-corrected chi connectivity index (χ4v) is 3.65. The van der Waals surface area contributed by atoms with Gasteiger partial charge >= 0.3 is 0 Å². The summed E-state index contributed by atoms with van der Waals surface area (Å²) < 4.78 is 28.5. The molecule has 1 saturated carbocycles. The molecular weight excluding hydrogens is 262 g/mol. The van der Waals surface area contributed by atoms with Gasteiger partial charge in [-0.2, -0.15) is 17.4 Å². The van der Waals surface area contributed by atoms with Crippen LogP contribution in [0.2, 0.25) is 0 Å². The summed E-state index contributed by atoms with van der Waals surface area (Å²) in [6, 6.07) is 0.126. The normalized spacial score (nSPS) is 24.2. The van der Waals surface area contributed by atoms with Gasteiger partial charge in [0.15, 0.2) is 0 Å². The minimum atomic E-state index is -3.30. The van der Waals surface area contributed by atoms with Crippen molar-refractivity contribution in [2.75, 3.05) is 26.7 Å². The standard InChI is InChI=1S/C13H29N3O2S/c1-4-8-14-9-5-10-16(3)19(17,18)15-13-7-6-12(2)11-13/h12-15H,4-11H2,1-3H3. The minimum Gasteiger partial charge on any atom is -0.317 e. The smallest absolute Gasteiger partial charge is 0.279 e. The lowest BCUT2D eigenvalue weighted by Crippen LogP contribution is -2.43. The first kappa shape index (κ1) is 16.9. The zero-order chi connectivity index (χ0) is 14.3. The molecule has 1 fully saturated rings. The van der Waals surface area contributed by atoms with Crippen LogP contribution in [0.25, 0.3) is 0 Å². The van der Waals surface area contributed by atoms with Crippen LogP contribution >= 0.6 is 0 Å². The molecular formula is C13H29N3O2S. The van der Waals surface area contributed by atoms with Crippen LogP contribution in [0, 0.1) is 5.92 Å². The maximum Gasteiger partial charge on any atom is 0.279 e. The van der Waals surface area contributed by atoms with Crippen LogP contribution in [0.1, 0.15) is 46.0 Å². The number of rotatable bonds is 9. The van der Waals surface area contributed by atoms with Crippen LogP contribution in [0.5, 0.6) is 0 Å². The van der Waals surface area contributed by atoms with Gasteiger partial charge in [-0.15, -0.1) is 0 Å². The zero-order valence-corrected chi connectivity index (χ0v) is 13.3. The Morgan fingerprint density at radius 1 is 1.26 bits per heavy atom. The summed E-state index contributed by atoms with van der Waals surface area (Å²) in [5.74, 6) is 0.635. The number of hydrogen-bond donors (Lipinski definition) is 2. The van der Waals surface area contributed by atoms with Crippen LogP contribution in [0.4, 0.5) is 0 Å². The van der Waals surface area contributed by atoms with Crippen molar-refractivity contribution in [2.24, 2.45) is 5.92 Å². The monoisotopic (exact) mass is 291 g/mol. The number of hydrogen-bond acceptors (Lipinski definition) is 3. The fraction of sp³-hybridized carbons (Fsp3) is 1.00. The summed E-state index contributed by atoms with van der Waals surface area (Å²) in [5, 5.41) is 3.28. The number of nitrogens with zero attached hydrogens (tertiary/aromatic N) is 1. The molecule has 2 unspecified atom stereocenters. The van der Waals surface area contributed by atoms with E-state index in [0.29, 0.717) is 12.5 Å². The molecule has 1 aliphatic rings. The maximum atomic E-state index is 12.1. The SMILES string of the molecule is CCCNCCCN(C)S(=O)(=O)NC1CCC(C)C1. The average Bonchev–Trinajstić information content (AvgIpc) is 2.73. The molecule has 0 radical (unpaired) electrons. The lowest BCUT2D eigenvalue weighted by atomic mass is 10.1. The van der Waals surface area contributed by atoms with E-state index in [2.05, 4.69) is 23.9 Å². The highest BCUT2D eigenvalue weighted by Crippen LogP contribution is 2.25. The van der Waals surface area contributed by atoms with Crippen molar-refractivity contribution in [3.8, 4) is 0 Å². The van der Waals surface area contributed by atoms with Crippen molar-refractivity contribution < 1.29 is 8.42 Å². The molecule has 0 aromatic rings. The van der Waals surface area contributed by atoms with E-state index in [9.17, 15) is 8.42 Å². The average molecular weight is 291 g/mol. The molecule has 0 bridgehead atoms. The van der Waals surface area contributed by atoms with Gasteiger partial charge in [0, 0.05) is 19.6 Å². The molecule has 0 aliphatic heterocycles. The van der Waals surface area contributed by atoms with E-state index in [1.807, 2.05) is 0 Å². The quantitative estimate of drug-likeness (QED) is 0.630. The first-order valence-corrected chi connectivity index (χ1v) is 8.84. The summed E-state index contributed by atoms with van der Waals surface area (Å²) in [5.41, 5.74) is 0. The van der Waals surface area contributed by atoms with Crippen LogP contribution in [-0.4, -0.2) is 45.4 Å². The molecule has 0 heterocycles. The minimum absolute atomic E-state index is 0.126. The highest BCUT2D eigenvalue weighted by Gasteiger charge is 2.27. The summed E-state index contributed by atoms with van der Waals surface area (Å²) in [6.45, 7) is 6.73. The van der Waals surface area contributed by atoms with Gasteiger partial charge in [-0.05, 0) is 51.1 Å². The fourth-order valence-electron chi connectivity index (χ4n) is 2.46. The summed E-state index contributed by atoms with van der Waals surface area (Å²) in [6.07, 6.45) is 5.00. The van der Waals surface area contributed by atoms with Gasteiger partial charge in [0.25, 0.3) is 10.2 Å². The van der Waals surface area contributed by atoms with Crippen molar-refractivity contribution in [3.05, 3.63) is 0 Å². The molecule has 1 rings (SSSR count). The number of nitrogens with one attached hydrogen (secondary N) is 2. The van der Waals surface area contributed by atoms with Crippen LogP contribution in [0.15, 0.2) is 0 Å². The lowest BCUT2D eigenvalue weighted by molar-refractivity contribution is 0.433. The highest BCUT2D eigenvalue weighted by molar-refractivity contribution is 7.87. The molecule has 6 heteroatoms. The molecule has 0 aromatic heterocycles. The molecule has 114 valence electrons. The van der Waals surface area contributed by atoms with E-state index in [0.717, 1.165) is 45.2 Å². The van der Waals surface area contributed by atoms with Gasteiger partial charge in [-0.3, -0.25) is 0 Å². The predicted molar refractivity (Wildman–Crippen MR) is 79.3 cm³/mol. The zero-order valence-electron chi connectivity index (χ0n) is 12.5. The summed E-state index contributed by atoms with van der Waals surface area (Å²) >= 11 is 0. The van der Waals surface area contributed by atoms with Gasteiger partial charge in [-0.25, -0.2) is 0 Å².